The van der Waals surface area contributed by atoms with E-state index in [9.17, 15) is 8.78 Å². The highest BCUT2D eigenvalue weighted by atomic mass is 19.1. The first-order chi connectivity index (χ1) is 9.10. The largest absolute Gasteiger partial charge is 0.356 e. The number of halogens is 2. The molecule has 1 aromatic carbocycles. The van der Waals surface area contributed by atoms with E-state index in [0.717, 1.165) is 24.7 Å². The zero-order chi connectivity index (χ0) is 13.8. The minimum absolute atomic E-state index is 0.332. The van der Waals surface area contributed by atoms with Crippen molar-refractivity contribution in [3.63, 3.8) is 0 Å². The molecule has 3 nitrogen and oxygen atoms in total. The van der Waals surface area contributed by atoms with Crippen LogP contribution >= 0.6 is 0 Å². The van der Waals surface area contributed by atoms with Crippen LogP contribution in [0.5, 0.6) is 0 Å². The Labute approximate surface area is 111 Å². The Bertz CT molecular complexity index is 564. The maximum atomic E-state index is 13.6. The zero-order valence-corrected chi connectivity index (χ0v) is 11.1. The van der Waals surface area contributed by atoms with Crippen LogP contribution in [0.1, 0.15) is 24.6 Å². The van der Waals surface area contributed by atoms with Gasteiger partial charge in [-0.2, -0.15) is 0 Å². The second kappa shape index (κ2) is 5.82. The third-order valence-electron chi connectivity index (χ3n) is 2.79. The molecule has 0 saturated heterocycles. The number of nitrogens with one attached hydrogen (secondary N) is 1. The minimum atomic E-state index is -0.563. The van der Waals surface area contributed by atoms with E-state index < -0.39 is 11.6 Å². The quantitative estimate of drug-likeness (QED) is 0.898. The van der Waals surface area contributed by atoms with Crippen molar-refractivity contribution in [1.82, 2.24) is 9.55 Å². The normalized spacial score (nSPS) is 10.7. The number of hydrogen-bond donors (Lipinski definition) is 1. The number of imidazole rings is 1. The van der Waals surface area contributed by atoms with Gasteiger partial charge in [0.2, 0.25) is 5.95 Å². The molecule has 0 aliphatic rings. The van der Waals surface area contributed by atoms with Gasteiger partial charge in [-0.05, 0) is 19.4 Å². The molecule has 1 heterocycles. The van der Waals surface area contributed by atoms with Crippen LogP contribution in [0.3, 0.4) is 0 Å². The number of anilines is 1. The molecular weight excluding hydrogens is 248 g/mol. The van der Waals surface area contributed by atoms with Crippen molar-refractivity contribution in [2.75, 3.05) is 11.9 Å². The molecule has 0 amide bonds. The van der Waals surface area contributed by atoms with E-state index in [0.29, 0.717) is 18.1 Å². The second-order valence-electron chi connectivity index (χ2n) is 4.50. The molecule has 2 aromatic rings. The summed E-state index contributed by atoms with van der Waals surface area (Å²) in [6, 6.07) is 3.63. The Morgan fingerprint density at radius 3 is 2.79 bits per heavy atom. The summed E-state index contributed by atoms with van der Waals surface area (Å²) in [5, 5.41) is 3.19. The fraction of sp³-hybridized carbons (Fsp3) is 0.357. The van der Waals surface area contributed by atoms with Gasteiger partial charge in [0.15, 0.2) is 0 Å². The fourth-order valence-electron chi connectivity index (χ4n) is 1.88. The van der Waals surface area contributed by atoms with Crippen molar-refractivity contribution in [2.24, 2.45) is 0 Å². The average molecular weight is 265 g/mol. The van der Waals surface area contributed by atoms with E-state index in [1.54, 1.807) is 0 Å². The Hall–Kier alpha value is -1.91. The van der Waals surface area contributed by atoms with E-state index in [-0.39, 0.29) is 0 Å². The van der Waals surface area contributed by atoms with Crippen LogP contribution in [-0.4, -0.2) is 16.1 Å². The van der Waals surface area contributed by atoms with E-state index in [4.69, 9.17) is 0 Å². The van der Waals surface area contributed by atoms with Crippen LogP contribution in [-0.2, 0) is 6.54 Å². The molecule has 102 valence electrons. The number of nitrogens with zero attached hydrogens (tertiary/aromatic N) is 2. The maximum Gasteiger partial charge on any atom is 0.203 e. The highest BCUT2D eigenvalue weighted by molar-refractivity contribution is 5.31. The third kappa shape index (κ3) is 3.30. The molecule has 0 saturated carbocycles. The first-order valence-corrected chi connectivity index (χ1v) is 6.31. The molecule has 0 aliphatic carbocycles. The lowest BCUT2D eigenvalue weighted by atomic mass is 10.2. The lowest BCUT2D eigenvalue weighted by molar-refractivity contribution is 0.566. The molecule has 19 heavy (non-hydrogen) atoms. The number of rotatable bonds is 5. The van der Waals surface area contributed by atoms with Gasteiger partial charge in [-0.1, -0.05) is 13.0 Å². The Balaban J connectivity index is 2.22. The fourth-order valence-corrected chi connectivity index (χ4v) is 1.88. The lowest BCUT2D eigenvalue weighted by Crippen LogP contribution is -2.09. The van der Waals surface area contributed by atoms with Crippen LogP contribution < -0.4 is 5.32 Å². The molecule has 0 unspecified atom stereocenters. The summed E-state index contributed by atoms with van der Waals surface area (Å²) in [6.45, 7) is 5.09. The summed E-state index contributed by atoms with van der Waals surface area (Å²) < 4.78 is 28.3. The zero-order valence-electron chi connectivity index (χ0n) is 11.1. The van der Waals surface area contributed by atoms with Crippen molar-refractivity contribution < 1.29 is 8.78 Å². The van der Waals surface area contributed by atoms with Gasteiger partial charge in [-0.15, -0.1) is 0 Å². The first-order valence-electron chi connectivity index (χ1n) is 6.31. The lowest BCUT2D eigenvalue weighted by Gasteiger charge is -2.09. The highest BCUT2D eigenvalue weighted by Crippen LogP contribution is 2.15. The van der Waals surface area contributed by atoms with Crippen LogP contribution in [0.25, 0.3) is 0 Å². The standard InChI is InChI=1S/C14H17F2N3/c1-3-6-17-14-18-10(2)8-19(14)9-11-4-5-12(15)7-13(11)16/h4-5,7-8H,3,6,9H2,1-2H3,(H,17,18). The maximum absolute atomic E-state index is 13.6. The van der Waals surface area contributed by atoms with E-state index in [2.05, 4.69) is 17.2 Å². The smallest absolute Gasteiger partial charge is 0.203 e. The summed E-state index contributed by atoms with van der Waals surface area (Å²) >= 11 is 0. The van der Waals surface area contributed by atoms with E-state index >= 15 is 0 Å². The topological polar surface area (TPSA) is 29.9 Å². The molecule has 1 aromatic heterocycles. The van der Waals surface area contributed by atoms with Crippen molar-refractivity contribution in [2.45, 2.75) is 26.8 Å². The van der Waals surface area contributed by atoms with Crippen molar-refractivity contribution in [3.05, 3.63) is 47.3 Å². The monoisotopic (exact) mass is 265 g/mol. The van der Waals surface area contributed by atoms with Crippen molar-refractivity contribution in [1.29, 1.82) is 0 Å². The molecule has 2 rings (SSSR count). The van der Waals surface area contributed by atoms with Gasteiger partial charge in [0.05, 0.1) is 12.2 Å². The Kier molecular flexibility index (Phi) is 4.14. The van der Waals surface area contributed by atoms with Gasteiger partial charge in [0.1, 0.15) is 11.6 Å². The summed E-state index contributed by atoms with van der Waals surface area (Å²) in [7, 11) is 0. The number of benzene rings is 1. The molecular formula is C14H17F2N3. The number of aryl methyl sites for hydroxylation is 1. The summed E-state index contributed by atoms with van der Waals surface area (Å²) in [5.41, 5.74) is 1.31. The van der Waals surface area contributed by atoms with Crippen LogP contribution in [0, 0.1) is 18.6 Å². The molecule has 0 atom stereocenters. The number of hydrogen-bond acceptors (Lipinski definition) is 2. The number of aromatic nitrogens is 2. The first kappa shape index (κ1) is 13.5. The minimum Gasteiger partial charge on any atom is -0.356 e. The molecule has 0 bridgehead atoms. The summed E-state index contributed by atoms with van der Waals surface area (Å²) in [5.74, 6) is -0.386. The predicted molar refractivity (Wildman–Crippen MR) is 71.2 cm³/mol. The third-order valence-corrected chi connectivity index (χ3v) is 2.79. The summed E-state index contributed by atoms with van der Waals surface area (Å²) in [6.07, 6.45) is 2.83. The van der Waals surface area contributed by atoms with Crippen LogP contribution in [0.4, 0.5) is 14.7 Å². The van der Waals surface area contributed by atoms with Crippen LogP contribution in [0.2, 0.25) is 0 Å². The molecule has 0 aliphatic heterocycles. The van der Waals surface area contributed by atoms with Gasteiger partial charge in [-0.3, -0.25) is 0 Å². The van der Waals surface area contributed by atoms with Gasteiger partial charge in [-0.25, -0.2) is 13.8 Å². The summed E-state index contributed by atoms with van der Waals surface area (Å²) in [4.78, 5) is 4.35. The second-order valence-corrected chi connectivity index (χ2v) is 4.50. The van der Waals surface area contributed by atoms with E-state index in [1.807, 2.05) is 17.7 Å². The predicted octanol–water partition coefficient (Wildman–Crippen LogP) is 3.34. The van der Waals surface area contributed by atoms with Crippen molar-refractivity contribution >= 4 is 5.95 Å². The average Bonchev–Trinajstić information content (AvgIpc) is 2.70. The molecule has 5 heteroatoms. The highest BCUT2D eigenvalue weighted by Gasteiger charge is 2.09. The van der Waals surface area contributed by atoms with Crippen molar-refractivity contribution in [3.8, 4) is 0 Å². The van der Waals surface area contributed by atoms with Gasteiger partial charge in [0.25, 0.3) is 0 Å². The molecule has 1 N–H and O–H groups in total. The Morgan fingerprint density at radius 1 is 1.32 bits per heavy atom. The Morgan fingerprint density at radius 2 is 2.11 bits per heavy atom. The molecule has 0 radical (unpaired) electrons. The van der Waals surface area contributed by atoms with Crippen LogP contribution in [0.15, 0.2) is 24.4 Å². The van der Waals surface area contributed by atoms with Gasteiger partial charge >= 0.3 is 0 Å². The van der Waals surface area contributed by atoms with Gasteiger partial charge < -0.3 is 9.88 Å². The van der Waals surface area contributed by atoms with E-state index in [1.165, 1.54) is 12.1 Å². The van der Waals surface area contributed by atoms with Gasteiger partial charge in [0, 0.05) is 24.4 Å². The molecule has 0 fully saturated rings. The SMILES string of the molecule is CCCNc1nc(C)cn1Cc1ccc(F)cc1F. The molecule has 0 spiro atoms.